The maximum Gasteiger partial charge on any atom is 0.433 e. The van der Waals surface area contributed by atoms with Crippen molar-refractivity contribution in [2.45, 2.75) is 18.7 Å². The number of hydrogen-bond acceptors (Lipinski definition) is 4. The van der Waals surface area contributed by atoms with Crippen LogP contribution in [0, 0.1) is 0 Å². The topological polar surface area (TPSA) is 68.2 Å². The summed E-state index contributed by atoms with van der Waals surface area (Å²) in [5, 5.41) is 9.55. The quantitative estimate of drug-likeness (QED) is 0.883. The lowest BCUT2D eigenvalue weighted by atomic mass is 10.2. The highest BCUT2D eigenvalue weighted by Crippen LogP contribution is 2.30. The van der Waals surface area contributed by atoms with Gasteiger partial charge >= 0.3 is 6.18 Å². The third-order valence-corrected chi connectivity index (χ3v) is 3.75. The van der Waals surface area contributed by atoms with Crippen LogP contribution in [0.2, 0.25) is 0 Å². The van der Waals surface area contributed by atoms with Gasteiger partial charge in [0.25, 0.3) is 0 Å². The van der Waals surface area contributed by atoms with Crippen molar-refractivity contribution in [3.8, 4) is 5.69 Å². The van der Waals surface area contributed by atoms with Gasteiger partial charge < -0.3 is 15.4 Å². The van der Waals surface area contributed by atoms with Gasteiger partial charge in [0.05, 0.1) is 31.0 Å². The fraction of sp³-hybridized carbons (Fsp3) is 0.375. The molecule has 9 heteroatoms. The van der Waals surface area contributed by atoms with Gasteiger partial charge in [-0.2, -0.15) is 18.3 Å². The minimum atomic E-state index is -4.49. The van der Waals surface area contributed by atoms with E-state index in [4.69, 9.17) is 4.74 Å². The normalized spacial score (nSPS) is 18.1. The number of benzene rings is 1. The number of carbonyl (C=O) groups excluding carboxylic acids is 1. The Hall–Kier alpha value is -2.39. The zero-order chi connectivity index (χ0) is 17.9. The van der Waals surface area contributed by atoms with E-state index in [2.05, 4.69) is 15.7 Å². The van der Waals surface area contributed by atoms with Crippen LogP contribution >= 0.6 is 0 Å². The first-order chi connectivity index (χ1) is 11.9. The molecule has 0 spiro atoms. The monoisotopic (exact) mass is 354 g/mol. The molecule has 1 atom stereocenters. The van der Waals surface area contributed by atoms with Crippen molar-refractivity contribution >= 4 is 11.6 Å². The Labute approximate surface area is 142 Å². The Balaban J connectivity index is 1.64. The van der Waals surface area contributed by atoms with Gasteiger partial charge in [0.1, 0.15) is 5.69 Å². The minimum absolute atomic E-state index is 0.175. The number of ether oxygens (including phenoxy) is 1. The van der Waals surface area contributed by atoms with Crippen LogP contribution in [0.5, 0.6) is 0 Å². The van der Waals surface area contributed by atoms with Crippen LogP contribution in [0.25, 0.3) is 5.69 Å². The number of alkyl halides is 3. The highest BCUT2D eigenvalue weighted by atomic mass is 19.4. The maximum atomic E-state index is 12.9. The lowest BCUT2D eigenvalue weighted by Crippen LogP contribution is -2.40. The molecule has 0 saturated carbocycles. The van der Waals surface area contributed by atoms with Gasteiger partial charge in [-0.3, -0.25) is 4.79 Å². The van der Waals surface area contributed by atoms with E-state index < -0.39 is 11.9 Å². The summed E-state index contributed by atoms with van der Waals surface area (Å²) in [6, 6.07) is 6.92. The molecule has 0 bridgehead atoms. The number of rotatable bonds is 4. The summed E-state index contributed by atoms with van der Waals surface area (Å²) in [5.41, 5.74) is -0.0976. The van der Waals surface area contributed by atoms with Crippen LogP contribution in [0.3, 0.4) is 0 Å². The number of carbonyl (C=O) groups is 1. The third-order valence-electron chi connectivity index (χ3n) is 3.75. The summed E-state index contributed by atoms with van der Waals surface area (Å²) >= 11 is 0. The van der Waals surface area contributed by atoms with Crippen molar-refractivity contribution < 1.29 is 22.7 Å². The van der Waals surface area contributed by atoms with Crippen LogP contribution < -0.4 is 10.6 Å². The Morgan fingerprint density at radius 2 is 2.08 bits per heavy atom. The molecule has 2 N–H and O–H groups in total. The van der Waals surface area contributed by atoms with Crippen LogP contribution in [0.1, 0.15) is 12.1 Å². The third kappa shape index (κ3) is 4.37. The maximum absolute atomic E-state index is 12.9. The van der Waals surface area contributed by atoms with E-state index in [0.29, 0.717) is 18.8 Å². The van der Waals surface area contributed by atoms with E-state index in [-0.39, 0.29) is 24.1 Å². The van der Waals surface area contributed by atoms with Crippen molar-refractivity contribution in [3.05, 3.63) is 42.2 Å². The number of aromatic nitrogens is 2. The van der Waals surface area contributed by atoms with E-state index in [1.54, 1.807) is 0 Å². The summed E-state index contributed by atoms with van der Waals surface area (Å²) in [6.45, 7) is 1.96. The SMILES string of the molecule is O=C(CC1CNCCO1)Nc1ccc(-n2nccc2C(F)(F)F)cc1. The number of morpholine rings is 1. The summed E-state index contributed by atoms with van der Waals surface area (Å²) in [4.78, 5) is 12.0. The van der Waals surface area contributed by atoms with Crippen molar-refractivity contribution in [1.29, 1.82) is 0 Å². The van der Waals surface area contributed by atoms with Gasteiger partial charge in [0.2, 0.25) is 5.91 Å². The second-order valence-electron chi connectivity index (χ2n) is 5.62. The molecule has 0 radical (unpaired) electrons. The zero-order valence-corrected chi connectivity index (χ0v) is 13.2. The van der Waals surface area contributed by atoms with Crippen molar-refractivity contribution in [2.75, 3.05) is 25.0 Å². The van der Waals surface area contributed by atoms with Gasteiger partial charge in [-0.15, -0.1) is 0 Å². The molecule has 1 aliphatic heterocycles. The van der Waals surface area contributed by atoms with E-state index >= 15 is 0 Å². The predicted octanol–water partition coefficient (Wildman–Crippen LogP) is 2.21. The molecule has 0 aliphatic carbocycles. The Kier molecular flexibility index (Phi) is 5.05. The summed E-state index contributed by atoms with van der Waals surface area (Å²) in [7, 11) is 0. The first-order valence-corrected chi connectivity index (χ1v) is 7.77. The van der Waals surface area contributed by atoms with Gasteiger partial charge in [-0.05, 0) is 30.3 Å². The highest BCUT2D eigenvalue weighted by molar-refractivity contribution is 5.91. The lowest BCUT2D eigenvalue weighted by Gasteiger charge is -2.23. The minimum Gasteiger partial charge on any atom is -0.375 e. The van der Waals surface area contributed by atoms with E-state index in [1.165, 1.54) is 24.3 Å². The standard InChI is InChI=1S/C16H17F3N4O2/c17-16(18,19)14-5-6-21-23(14)12-3-1-11(2-4-12)22-15(24)9-13-10-20-7-8-25-13/h1-6,13,20H,7-10H2,(H,22,24). The molecule has 1 fully saturated rings. The average Bonchev–Trinajstić information content (AvgIpc) is 3.06. The second-order valence-corrected chi connectivity index (χ2v) is 5.62. The van der Waals surface area contributed by atoms with Crippen molar-refractivity contribution in [1.82, 2.24) is 15.1 Å². The van der Waals surface area contributed by atoms with E-state index in [9.17, 15) is 18.0 Å². The van der Waals surface area contributed by atoms with Gasteiger partial charge in [-0.1, -0.05) is 0 Å². The average molecular weight is 354 g/mol. The number of anilines is 1. The van der Waals surface area contributed by atoms with Gasteiger partial charge in [0.15, 0.2) is 0 Å². The number of halogens is 3. The van der Waals surface area contributed by atoms with Crippen LogP contribution in [-0.2, 0) is 15.7 Å². The van der Waals surface area contributed by atoms with Gasteiger partial charge in [-0.25, -0.2) is 4.68 Å². The largest absolute Gasteiger partial charge is 0.433 e. The molecular weight excluding hydrogens is 337 g/mol. The molecule has 1 unspecified atom stereocenters. The summed E-state index contributed by atoms with van der Waals surface area (Å²) in [5.74, 6) is -0.212. The molecule has 3 rings (SSSR count). The Bertz CT molecular complexity index is 722. The van der Waals surface area contributed by atoms with E-state index in [1.807, 2.05) is 0 Å². The number of hydrogen-bond donors (Lipinski definition) is 2. The lowest BCUT2D eigenvalue weighted by molar-refractivity contribution is -0.142. The molecule has 6 nitrogen and oxygen atoms in total. The summed E-state index contributed by atoms with van der Waals surface area (Å²) < 4.78 is 45.0. The highest BCUT2D eigenvalue weighted by Gasteiger charge is 2.35. The van der Waals surface area contributed by atoms with Crippen LogP contribution in [0.4, 0.5) is 18.9 Å². The second kappa shape index (κ2) is 7.24. The fourth-order valence-electron chi connectivity index (χ4n) is 2.58. The predicted molar refractivity (Wildman–Crippen MR) is 84.4 cm³/mol. The molecule has 134 valence electrons. The fourth-order valence-corrected chi connectivity index (χ4v) is 2.58. The Morgan fingerprint density at radius 3 is 2.72 bits per heavy atom. The first kappa shape index (κ1) is 17.4. The summed E-state index contributed by atoms with van der Waals surface area (Å²) in [6.07, 6.45) is -3.35. The van der Waals surface area contributed by atoms with Gasteiger partial charge in [0, 0.05) is 18.8 Å². The van der Waals surface area contributed by atoms with E-state index in [0.717, 1.165) is 23.5 Å². The number of nitrogens with zero attached hydrogens (tertiary/aromatic N) is 2. The van der Waals surface area contributed by atoms with Crippen LogP contribution in [-0.4, -0.2) is 41.5 Å². The smallest absolute Gasteiger partial charge is 0.375 e. The molecule has 1 amide bonds. The molecule has 1 aliphatic rings. The molecule has 1 aromatic carbocycles. The number of amides is 1. The molecule has 2 heterocycles. The van der Waals surface area contributed by atoms with Crippen LogP contribution in [0.15, 0.2) is 36.5 Å². The molecule has 2 aromatic rings. The van der Waals surface area contributed by atoms with Crippen molar-refractivity contribution in [3.63, 3.8) is 0 Å². The van der Waals surface area contributed by atoms with Crippen molar-refractivity contribution in [2.24, 2.45) is 0 Å². The zero-order valence-electron chi connectivity index (χ0n) is 13.2. The number of nitrogens with one attached hydrogen (secondary N) is 2. The first-order valence-electron chi connectivity index (χ1n) is 7.77. The molecular formula is C16H17F3N4O2. The molecule has 1 aromatic heterocycles. The Morgan fingerprint density at radius 1 is 1.32 bits per heavy atom. The molecule has 25 heavy (non-hydrogen) atoms. The molecule has 1 saturated heterocycles.